The van der Waals surface area contributed by atoms with Gasteiger partial charge in [0.2, 0.25) is 0 Å². The van der Waals surface area contributed by atoms with Crippen LogP contribution in [0.15, 0.2) is 23.8 Å². The van der Waals surface area contributed by atoms with Crippen LogP contribution in [0.2, 0.25) is 0 Å². The molecule has 1 aromatic rings. The molecule has 0 radical (unpaired) electrons. The number of benzene rings is 1. The molecular weight excluding hydrogens is 262 g/mol. The molecule has 2 aliphatic heterocycles. The average Bonchev–Trinajstić information content (AvgIpc) is 2.84. The van der Waals surface area contributed by atoms with Crippen molar-refractivity contribution in [1.29, 1.82) is 0 Å². The standard InChI is InChI=1S/C18H21NO2/c1-19-9-8-18-12-4-3-5-15(18)21-17-14(20-2)7-6-11(16(17)18)10-13(12)19/h4,6-7,13,15H,3,5,8-10H2,1-2H3/t13-,15-,18+/m0/s1. The minimum atomic E-state index is 0.146. The molecule has 2 bridgehead atoms. The lowest BCUT2D eigenvalue weighted by atomic mass is 9.56. The molecule has 0 N–H and O–H groups in total. The van der Waals surface area contributed by atoms with E-state index >= 15 is 0 Å². The SMILES string of the molecule is COc1ccc2c3c1O[C@H]1CCC=C4[C@H](C2)N(C)CC[C@]431. The van der Waals surface area contributed by atoms with Gasteiger partial charge >= 0.3 is 0 Å². The van der Waals surface area contributed by atoms with Crippen molar-refractivity contribution in [2.75, 3.05) is 20.7 Å². The van der Waals surface area contributed by atoms with Crippen molar-refractivity contribution >= 4 is 0 Å². The lowest BCUT2D eigenvalue weighted by Crippen LogP contribution is -2.58. The summed E-state index contributed by atoms with van der Waals surface area (Å²) in [6.45, 7) is 1.16. The second kappa shape index (κ2) is 3.83. The summed E-state index contributed by atoms with van der Waals surface area (Å²) in [5.41, 5.74) is 4.71. The molecule has 0 amide bonds. The first kappa shape index (κ1) is 12.1. The highest BCUT2D eigenvalue weighted by Crippen LogP contribution is 2.62. The molecule has 1 spiro atoms. The predicted octanol–water partition coefficient (Wildman–Crippen LogP) is 2.67. The Balaban J connectivity index is 1.84. The summed E-state index contributed by atoms with van der Waals surface area (Å²) in [4.78, 5) is 2.53. The first-order valence-electron chi connectivity index (χ1n) is 8.03. The molecule has 0 unspecified atom stereocenters. The molecular formula is C18H21NO2. The number of hydrogen-bond donors (Lipinski definition) is 0. The van der Waals surface area contributed by atoms with E-state index < -0.39 is 0 Å². The van der Waals surface area contributed by atoms with E-state index in [1.807, 2.05) is 0 Å². The Morgan fingerprint density at radius 2 is 2.29 bits per heavy atom. The maximum atomic E-state index is 6.45. The molecule has 3 atom stereocenters. The average molecular weight is 283 g/mol. The van der Waals surface area contributed by atoms with Gasteiger partial charge in [-0.2, -0.15) is 0 Å². The first-order valence-corrected chi connectivity index (χ1v) is 8.03. The lowest BCUT2D eigenvalue weighted by Gasteiger charge is -2.53. The van der Waals surface area contributed by atoms with Crippen LogP contribution in [0.3, 0.4) is 0 Å². The minimum Gasteiger partial charge on any atom is -0.493 e. The third-order valence-corrected chi connectivity index (χ3v) is 6.16. The van der Waals surface area contributed by atoms with E-state index in [-0.39, 0.29) is 5.41 Å². The van der Waals surface area contributed by atoms with Crippen molar-refractivity contribution in [1.82, 2.24) is 4.90 Å². The zero-order valence-corrected chi connectivity index (χ0v) is 12.7. The van der Waals surface area contributed by atoms with Crippen LogP contribution in [0.25, 0.3) is 0 Å². The quantitative estimate of drug-likeness (QED) is 0.740. The van der Waals surface area contributed by atoms with Gasteiger partial charge in [0, 0.05) is 11.6 Å². The van der Waals surface area contributed by atoms with Crippen LogP contribution in [0.1, 0.15) is 30.4 Å². The summed E-state index contributed by atoms with van der Waals surface area (Å²) in [5, 5.41) is 0. The van der Waals surface area contributed by atoms with E-state index in [0.717, 1.165) is 37.3 Å². The molecule has 0 saturated carbocycles. The Morgan fingerprint density at radius 3 is 3.14 bits per heavy atom. The highest BCUT2D eigenvalue weighted by molar-refractivity contribution is 5.65. The number of piperidine rings is 1. The number of methoxy groups -OCH3 is 1. The molecule has 1 aromatic carbocycles. The molecule has 5 rings (SSSR count). The van der Waals surface area contributed by atoms with Gasteiger partial charge in [0.15, 0.2) is 11.5 Å². The molecule has 110 valence electrons. The molecule has 3 nitrogen and oxygen atoms in total. The number of allylic oxidation sites excluding steroid dienone is 1. The fourth-order valence-corrected chi connectivity index (χ4v) is 5.24. The van der Waals surface area contributed by atoms with Gasteiger partial charge in [-0.05, 0) is 56.5 Å². The summed E-state index contributed by atoms with van der Waals surface area (Å²) in [7, 11) is 4.02. The third-order valence-electron chi connectivity index (χ3n) is 6.16. The highest BCUT2D eigenvalue weighted by atomic mass is 16.5. The Hall–Kier alpha value is -1.48. The zero-order chi connectivity index (χ0) is 14.2. The van der Waals surface area contributed by atoms with Gasteiger partial charge in [0.05, 0.1) is 12.5 Å². The van der Waals surface area contributed by atoms with Gasteiger partial charge in [0.1, 0.15) is 6.10 Å². The van der Waals surface area contributed by atoms with Crippen LogP contribution in [0.5, 0.6) is 11.5 Å². The maximum Gasteiger partial charge on any atom is 0.166 e. The van der Waals surface area contributed by atoms with Crippen molar-refractivity contribution in [2.24, 2.45) is 0 Å². The number of hydrogen-bond acceptors (Lipinski definition) is 3. The van der Waals surface area contributed by atoms with Crippen molar-refractivity contribution in [2.45, 2.75) is 43.2 Å². The fraction of sp³-hybridized carbons (Fsp3) is 0.556. The Bertz CT molecular complexity index is 665. The van der Waals surface area contributed by atoms with Crippen molar-refractivity contribution < 1.29 is 9.47 Å². The lowest BCUT2D eigenvalue weighted by molar-refractivity contribution is 0.0817. The van der Waals surface area contributed by atoms with E-state index in [4.69, 9.17) is 9.47 Å². The van der Waals surface area contributed by atoms with Crippen LogP contribution >= 0.6 is 0 Å². The third kappa shape index (κ3) is 1.25. The van der Waals surface area contributed by atoms with E-state index in [9.17, 15) is 0 Å². The number of ether oxygens (including phenoxy) is 2. The van der Waals surface area contributed by atoms with Gasteiger partial charge in [-0.25, -0.2) is 0 Å². The Kier molecular flexibility index (Phi) is 2.21. The molecule has 1 saturated heterocycles. The Morgan fingerprint density at radius 1 is 1.38 bits per heavy atom. The molecule has 2 aliphatic carbocycles. The van der Waals surface area contributed by atoms with Crippen molar-refractivity contribution in [3.63, 3.8) is 0 Å². The van der Waals surface area contributed by atoms with Gasteiger partial charge < -0.3 is 9.47 Å². The summed E-state index contributed by atoms with van der Waals surface area (Å²) in [6.07, 6.45) is 7.42. The second-order valence-corrected chi connectivity index (χ2v) is 6.90. The number of likely N-dealkylation sites (tertiary alicyclic amines) is 1. The molecule has 3 heteroatoms. The molecule has 21 heavy (non-hydrogen) atoms. The summed E-state index contributed by atoms with van der Waals surface area (Å²) < 4.78 is 12.0. The van der Waals surface area contributed by atoms with E-state index in [2.05, 4.69) is 30.2 Å². The largest absolute Gasteiger partial charge is 0.493 e. The van der Waals surface area contributed by atoms with Crippen molar-refractivity contribution in [3.05, 3.63) is 34.9 Å². The van der Waals surface area contributed by atoms with Gasteiger partial charge in [-0.3, -0.25) is 4.90 Å². The van der Waals surface area contributed by atoms with Crippen LogP contribution in [-0.2, 0) is 11.8 Å². The van der Waals surface area contributed by atoms with Gasteiger partial charge in [-0.1, -0.05) is 12.1 Å². The molecule has 0 aromatic heterocycles. The minimum absolute atomic E-state index is 0.146. The number of likely N-dealkylation sites (N-methyl/N-ethyl adjacent to an activating group) is 1. The smallest absolute Gasteiger partial charge is 0.166 e. The topological polar surface area (TPSA) is 21.7 Å². The van der Waals surface area contributed by atoms with Crippen LogP contribution in [-0.4, -0.2) is 37.7 Å². The van der Waals surface area contributed by atoms with E-state index in [0.29, 0.717) is 12.1 Å². The zero-order valence-electron chi connectivity index (χ0n) is 12.7. The van der Waals surface area contributed by atoms with Gasteiger partial charge in [-0.15, -0.1) is 0 Å². The summed E-state index contributed by atoms with van der Waals surface area (Å²) >= 11 is 0. The predicted molar refractivity (Wildman–Crippen MR) is 81.1 cm³/mol. The Labute approximate surface area is 125 Å². The number of rotatable bonds is 1. The van der Waals surface area contributed by atoms with Crippen LogP contribution < -0.4 is 9.47 Å². The van der Waals surface area contributed by atoms with E-state index in [1.54, 1.807) is 12.7 Å². The summed E-state index contributed by atoms with van der Waals surface area (Å²) in [5.74, 6) is 1.95. The first-order chi connectivity index (χ1) is 10.3. The van der Waals surface area contributed by atoms with Crippen molar-refractivity contribution in [3.8, 4) is 11.5 Å². The molecule has 4 aliphatic rings. The highest BCUT2D eigenvalue weighted by Gasteiger charge is 2.60. The van der Waals surface area contributed by atoms with Gasteiger partial charge in [0.25, 0.3) is 0 Å². The van der Waals surface area contributed by atoms with Crippen LogP contribution in [0.4, 0.5) is 0 Å². The van der Waals surface area contributed by atoms with Crippen LogP contribution in [0, 0.1) is 0 Å². The summed E-state index contributed by atoms with van der Waals surface area (Å²) in [6, 6.07) is 4.92. The van der Waals surface area contributed by atoms with E-state index in [1.165, 1.54) is 17.5 Å². The molecule has 1 fully saturated rings. The second-order valence-electron chi connectivity index (χ2n) is 6.90. The number of nitrogens with zero attached hydrogens (tertiary/aromatic N) is 1. The molecule has 2 heterocycles. The monoisotopic (exact) mass is 283 g/mol. The maximum absolute atomic E-state index is 6.45. The normalized spacial score (nSPS) is 35.8. The fourth-order valence-electron chi connectivity index (χ4n) is 5.24.